The van der Waals surface area contributed by atoms with Crippen LogP contribution in [0.3, 0.4) is 0 Å². The molecule has 0 aromatic heterocycles. The topological polar surface area (TPSA) is 17.1 Å². The first-order valence-corrected chi connectivity index (χ1v) is 15.7. The molecule has 38 heavy (non-hydrogen) atoms. The number of Topliss-reactive ketones (excluding diaryl/α,β-unsaturated/α-hetero) is 1. The van der Waals surface area contributed by atoms with Crippen LogP contribution in [0.2, 0.25) is 0 Å². The zero-order chi connectivity index (χ0) is 27.3. The van der Waals surface area contributed by atoms with Crippen LogP contribution in [-0.2, 0) is 4.79 Å². The van der Waals surface area contributed by atoms with E-state index < -0.39 is 0 Å². The number of fused-ring (bicyclic) bond motifs is 7. The van der Waals surface area contributed by atoms with Crippen molar-refractivity contribution < 1.29 is 4.79 Å². The quantitative estimate of drug-likeness (QED) is 0.284. The molecule has 1 nitrogen and oxygen atoms in total. The molecule has 0 saturated heterocycles. The van der Waals surface area contributed by atoms with Gasteiger partial charge in [-0.1, -0.05) is 84.0 Å². The normalized spacial score (nSPS) is 48.6. The standard InChI is InChI=1S/C37H52O/c1-24(2)27-16-18-34(5)20-21-36(7)28(31(27)34)14-15-30-35(6)23-26(22-25-12-10-9-11-13-25)32(38)33(3,4)29(35)17-19-37(30,36)8/h9-13,22,27-31H,1,14-21,23H2,2-8H3/b26-22-/t27-,28+,29-,30+,31+,34+,35+,36+,37+/m0/s1. The van der Waals surface area contributed by atoms with Gasteiger partial charge >= 0.3 is 0 Å². The van der Waals surface area contributed by atoms with Crippen molar-refractivity contribution >= 4 is 11.9 Å². The predicted octanol–water partition coefficient (Wildman–Crippen LogP) is 9.93. The molecule has 0 unspecified atom stereocenters. The predicted molar refractivity (Wildman–Crippen MR) is 159 cm³/mol. The molecule has 0 radical (unpaired) electrons. The zero-order valence-corrected chi connectivity index (χ0v) is 25.3. The van der Waals surface area contributed by atoms with Crippen molar-refractivity contribution in [3.05, 3.63) is 53.6 Å². The lowest BCUT2D eigenvalue weighted by molar-refractivity contribution is -0.228. The Morgan fingerprint density at radius 2 is 1.55 bits per heavy atom. The van der Waals surface area contributed by atoms with E-state index in [9.17, 15) is 4.79 Å². The zero-order valence-electron chi connectivity index (χ0n) is 25.3. The number of benzene rings is 1. The lowest BCUT2D eigenvalue weighted by Gasteiger charge is -2.72. The summed E-state index contributed by atoms with van der Waals surface area (Å²) in [4.78, 5) is 14.0. The lowest BCUT2D eigenvalue weighted by Crippen LogP contribution is -2.66. The van der Waals surface area contributed by atoms with Crippen LogP contribution in [-0.4, -0.2) is 5.78 Å². The average molecular weight is 513 g/mol. The first-order valence-electron chi connectivity index (χ1n) is 15.7. The van der Waals surface area contributed by atoms with Crippen molar-refractivity contribution in [3.63, 3.8) is 0 Å². The van der Waals surface area contributed by atoms with Gasteiger partial charge in [0.05, 0.1) is 0 Å². The minimum atomic E-state index is -0.297. The minimum Gasteiger partial charge on any atom is -0.294 e. The van der Waals surface area contributed by atoms with E-state index >= 15 is 0 Å². The van der Waals surface area contributed by atoms with E-state index in [4.69, 9.17) is 0 Å². The molecule has 5 saturated carbocycles. The van der Waals surface area contributed by atoms with Gasteiger partial charge in [0.25, 0.3) is 0 Å². The van der Waals surface area contributed by atoms with Crippen molar-refractivity contribution in [2.24, 2.45) is 56.7 Å². The van der Waals surface area contributed by atoms with E-state index in [0.717, 1.165) is 23.8 Å². The molecule has 5 aliphatic rings. The van der Waals surface area contributed by atoms with Gasteiger partial charge in [0, 0.05) is 5.41 Å². The monoisotopic (exact) mass is 512 g/mol. The second-order valence-corrected chi connectivity index (χ2v) is 16.1. The highest BCUT2D eigenvalue weighted by Crippen LogP contribution is 2.77. The maximum atomic E-state index is 14.0. The van der Waals surface area contributed by atoms with Crippen molar-refractivity contribution in [1.82, 2.24) is 0 Å². The van der Waals surface area contributed by atoms with Crippen LogP contribution in [0.5, 0.6) is 0 Å². The maximum absolute atomic E-state index is 14.0. The van der Waals surface area contributed by atoms with Crippen LogP contribution in [0.15, 0.2) is 48.1 Å². The first-order chi connectivity index (χ1) is 17.8. The molecule has 206 valence electrons. The molecule has 1 aromatic rings. The van der Waals surface area contributed by atoms with Crippen LogP contribution in [0.25, 0.3) is 6.08 Å². The Labute approximate surface area is 232 Å². The van der Waals surface area contributed by atoms with E-state index in [-0.39, 0.29) is 10.8 Å². The third-order valence-electron chi connectivity index (χ3n) is 14.2. The summed E-state index contributed by atoms with van der Waals surface area (Å²) < 4.78 is 0. The summed E-state index contributed by atoms with van der Waals surface area (Å²) in [6.45, 7) is 22.0. The molecule has 0 N–H and O–H groups in total. The van der Waals surface area contributed by atoms with Crippen molar-refractivity contribution in [1.29, 1.82) is 0 Å². The molecule has 1 heteroatoms. The molecular weight excluding hydrogens is 460 g/mol. The Hall–Kier alpha value is -1.63. The van der Waals surface area contributed by atoms with Gasteiger partial charge in [0.1, 0.15) is 0 Å². The Morgan fingerprint density at radius 3 is 2.24 bits per heavy atom. The second kappa shape index (κ2) is 8.44. The van der Waals surface area contributed by atoms with Crippen molar-refractivity contribution in [2.45, 2.75) is 106 Å². The Balaban J connectivity index is 1.41. The van der Waals surface area contributed by atoms with Gasteiger partial charge in [-0.05, 0) is 133 Å². The fraction of sp³-hybridized carbons (Fsp3) is 0.703. The van der Waals surface area contributed by atoms with Crippen molar-refractivity contribution in [3.8, 4) is 0 Å². The van der Waals surface area contributed by atoms with Crippen LogP contribution < -0.4 is 0 Å². The number of carbonyl (C=O) groups excluding carboxylic acids is 1. The Bertz CT molecular complexity index is 1170. The summed E-state index contributed by atoms with van der Waals surface area (Å²) in [5.74, 6) is 3.87. The van der Waals surface area contributed by atoms with Gasteiger partial charge in [-0.25, -0.2) is 0 Å². The van der Waals surface area contributed by atoms with Gasteiger partial charge in [0.15, 0.2) is 5.78 Å². The SMILES string of the molecule is C=C(C)[C@@H]1CC[C@]2(C)CC[C@]3(C)[C@H](CC[C@@H]4[C@]5(C)C/C(=C/c6ccccc6)C(=O)C(C)(C)[C@@H]5CC[C@]43C)[C@@H]12. The lowest BCUT2D eigenvalue weighted by atomic mass is 9.32. The highest BCUT2D eigenvalue weighted by atomic mass is 16.1. The number of rotatable bonds is 2. The van der Waals surface area contributed by atoms with Gasteiger partial charge < -0.3 is 0 Å². The van der Waals surface area contributed by atoms with Crippen LogP contribution in [0.4, 0.5) is 0 Å². The van der Waals surface area contributed by atoms with E-state index in [2.05, 4.69) is 91.5 Å². The van der Waals surface area contributed by atoms with Crippen LogP contribution >= 0.6 is 0 Å². The summed E-state index contributed by atoms with van der Waals surface area (Å²) in [5, 5.41) is 0. The van der Waals surface area contributed by atoms with Gasteiger partial charge in [-0.15, -0.1) is 0 Å². The Morgan fingerprint density at radius 1 is 0.842 bits per heavy atom. The van der Waals surface area contributed by atoms with E-state index in [1.54, 1.807) is 0 Å². The summed E-state index contributed by atoms with van der Waals surface area (Å²) in [6.07, 6.45) is 13.9. The molecule has 5 aliphatic carbocycles. The van der Waals surface area contributed by atoms with Gasteiger partial charge in [-0.2, -0.15) is 0 Å². The van der Waals surface area contributed by atoms with E-state index in [0.29, 0.717) is 39.8 Å². The molecule has 0 spiro atoms. The molecule has 0 heterocycles. The molecule has 1 aromatic carbocycles. The van der Waals surface area contributed by atoms with Crippen LogP contribution in [0.1, 0.15) is 112 Å². The third-order valence-corrected chi connectivity index (χ3v) is 14.2. The number of hydrogen-bond donors (Lipinski definition) is 0. The highest BCUT2D eigenvalue weighted by molar-refractivity contribution is 6.04. The van der Waals surface area contributed by atoms with E-state index in [1.807, 2.05) is 0 Å². The molecule has 0 aliphatic heterocycles. The smallest absolute Gasteiger partial charge is 0.164 e. The number of ketones is 1. The summed E-state index contributed by atoms with van der Waals surface area (Å²) in [5.41, 5.74) is 4.77. The number of hydrogen-bond acceptors (Lipinski definition) is 1. The fourth-order valence-corrected chi connectivity index (χ4v) is 12.2. The Kier molecular flexibility index (Phi) is 5.90. The molecule has 0 bridgehead atoms. The van der Waals surface area contributed by atoms with Crippen LogP contribution in [0, 0.1) is 56.7 Å². The average Bonchev–Trinajstić information content (AvgIpc) is 3.21. The molecular formula is C37H52O. The summed E-state index contributed by atoms with van der Waals surface area (Å²) in [7, 11) is 0. The first kappa shape index (κ1) is 26.6. The highest BCUT2D eigenvalue weighted by Gasteiger charge is 2.70. The number of carbonyl (C=O) groups is 1. The van der Waals surface area contributed by atoms with E-state index in [1.165, 1.54) is 62.5 Å². The molecule has 5 fully saturated rings. The maximum Gasteiger partial charge on any atom is 0.164 e. The fourth-order valence-electron chi connectivity index (χ4n) is 12.2. The number of allylic oxidation sites excluding steroid dienone is 2. The largest absolute Gasteiger partial charge is 0.294 e. The van der Waals surface area contributed by atoms with Crippen molar-refractivity contribution in [2.75, 3.05) is 0 Å². The van der Waals surface area contributed by atoms with Gasteiger partial charge in [0.2, 0.25) is 0 Å². The molecule has 9 atom stereocenters. The van der Waals surface area contributed by atoms with Gasteiger partial charge in [-0.3, -0.25) is 4.79 Å². The second-order valence-electron chi connectivity index (χ2n) is 16.1. The summed E-state index contributed by atoms with van der Waals surface area (Å²) >= 11 is 0. The molecule has 0 amide bonds. The molecule has 6 rings (SSSR count). The minimum absolute atomic E-state index is 0.170. The summed E-state index contributed by atoms with van der Waals surface area (Å²) in [6, 6.07) is 10.5. The third kappa shape index (κ3) is 3.38.